The highest BCUT2D eigenvalue weighted by Crippen LogP contribution is 2.24. The first-order chi connectivity index (χ1) is 12.0. The molecule has 2 atom stereocenters. The third kappa shape index (κ3) is 4.65. The second-order valence-corrected chi connectivity index (χ2v) is 6.49. The topological polar surface area (TPSA) is 63.2 Å². The summed E-state index contributed by atoms with van der Waals surface area (Å²) in [4.78, 5) is 18.8. The zero-order valence-corrected chi connectivity index (χ0v) is 15.8. The largest absolute Gasteiger partial charge is 0.496 e. The normalized spacial score (nSPS) is 20.5. The molecule has 1 aromatic carbocycles. The van der Waals surface area contributed by atoms with Crippen LogP contribution in [-0.2, 0) is 16.1 Å². The number of hydrogen-bond acceptors (Lipinski definition) is 4. The van der Waals surface area contributed by atoms with Crippen LogP contribution in [0.5, 0.6) is 5.75 Å². The lowest BCUT2D eigenvalue weighted by Gasteiger charge is -2.21. The van der Waals surface area contributed by atoms with Crippen LogP contribution >= 0.6 is 0 Å². The maximum absolute atomic E-state index is 11.9. The SMILES string of the molecule is CCNC(=NCc1ccc(C)c(OC)c1)N1CC(C)C(C(=O)OC)C1. The molecular formula is C19H29N3O3. The van der Waals surface area contributed by atoms with Crippen LogP contribution in [-0.4, -0.2) is 50.7 Å². The van der Waals surface area contributed by atoms with Crippen molar-refractivity contribution >= 4 is 11.9 Å². The van der Waals surface area contributed by atoms with Crippen LogP contribution in [0, 0.1) is 18.8 Å². The summed E-state index contributed by atoms with van der Waals surface area (Å²) in [5.41, 5.74) is 2.20. The summed E-state index contributed by atoms with van der Waals surface area (Å²) in [5.74, 6) is 1.71. The number of benzene rings is 1. The predicted octanol–water partition coefficient (Wildman–Crippen LogP) is 2.21. The maximum atomic E-state index is 11.9. The molecule has 6 nitrogen and oxygen atoms in total. The number of likely N-dealkylation sites (tertiary alicyclic amines) is 1. The summed E-state index contributed by atoms with van der Waals surface area (Å²) in [6, 6.07) is 6.13. The van der Waals surface area contributed by atoms with Crippen molar-refractivity contribution in [2.45, 2.75) is 27.3 Å². The Hall–Kier alpha value is -2.24. The highest BCUT2D eigenvalue weighted by Gasteiger charge is 2.36. The van der Waals surface area contributed by atoms with E-state index >= 15 is 0 Å². The van der Waals surface area contributed by atoms with Crippen LogP contribution in [0.4, 0.5) is 0 Å². The Balaban J connectivity index is 2.12. The van der Waals surface area contributed by atoms with Gasteiger partial charge in [-0.1, -0.05) is 19.1 Å². The fourth-order valence-corrected chi connectivity index (χ4v) is 3.15. The number of carbonyl (C=O) groups excluding carboxylic acids is 1. The van der Waals surface area contributed by atoms with E-state index in [0.717, 1.165) is 35.9 Å². The highest BCUT2D eigenvalue weighted by molar-refractivity contribution is 5.82. The van der Waals surface area contributed by atoms with Crippen molar-refractivity contribution in [2.24, 2.45) is 16.8 Å². The van der Waals surface area contributed by atoms with Crippen molar-refractivity contribution in [3.63, 3.8) is 0 Å². The van der Waals surface area contributed by atoms with Gasteiger partial charge >= 0.3 is 5.97 Å². The van der Waals surface area contributed by atoms with Gasteiger partial charge in [-0.25, -0.2) is 4.99 Å². The molecule has 1 N–H and O–H groups in total. The van der Waals surface area contributed by atoms with Gasteiger partial charge in [-0.15, -0.1) is 0 Å². The molecule has 6 heteroatoms. The minimum Gasteiger partial charge on any atom is -0.496 e. The molecule has 1 heterocycles. The van der Waals surface area contributed by atoms with Crippen LogP contribution in [0.2, 0.25) is 0 Å². The molecule has 2 rings (SSSR count). The van der Waals surface area contributed by atoms with E-state index in [9.17, 15) is 4.79 Å². The zero-order valence-electron chi connectivity index (χ0n) is 15.8. The van der Waals surface area contributed by atoms with Gasteiger partial charge in [-0.3, -0.25) is 4.79 Å². The number of nitrogens with zero attached hydrogens (tertiary/aromatic N) is 2. The Labute approximate surface area is 150 Å². The Morgan fingerprint density at radius 2 is 2.12 bits per heavy atom. The molecule has 1 saturated heterocycles. The average molecular weight is 347 g/mol. The molecule has 138 valence electrons. The highest BCUT2D eigenvalue weighted by atomic mass is 16.5. The van der Waals surface area contributed by atoms with Crippen molar-refractivity contribution < 1.29 is 14.3 Å². The first kappa shape index (κ1) is 19.1. The number of nitrogens with one attached hydrogen (secondary N) is 1. The number of aryl methyl sites for hydroxylation is 1. The Morgan fingerprint density at radius 1 is 1.36 bits per heavy atom. The molecule has 25 heavy (non-hydrogen) atoms. The fourth-order valence-electron chi connectivity index (χ4n) is 3.15. The monoisotopic (exact) mass is 347 g/mol. The van der Waals surface area contributed by atoms with Gasteiger partial charge in [-0.05, 0) is 37.0 Å². The van der Waals surface area contributed by atoms with E-state index in [4.69, 9.17) is 14.5 Å². The second kappa shape index (κ2) is 8.74. The predicted molar refractivity (Wildman–Crippen MR) is 98.8 cm³/mol. The van der Waals surface area contributed by atoms with Gasteiger partial charge in [0.05, 0.1) is 26.7 Å². The number of aliphatic imine (C=N–C) groups is 1. The number of guanidine groups is 1. The first-order valence-electron chi connectivity index (χ1n) is 8.74. The van der Waals surface area contributed by atoms with Crippen molar-refractivity contribution in [1.29, 1.82) is 0 Å². The number of methoxy groups -OCH3 is 2. The van der Waals surface area contributed by atoms with Gasteiger partial charge in [0, 0.05) is 19.6 Å². The molecule has 1 aliphatic heterocycles. The number of rotatable bonds is 5. The van der Waals surface area contributed by atoms with Gasteiger partial charge < -0.3 is 19.7 Å². The summed E-state index contributed by atoms with van der Waals surface area (Å²) >= 11 is 0. The van der Waals surface area contributed by atoms with E-state index < -0.39 is 0 Å². The number of esters is 1. The van der Waals surface area contributed by atoms with E-state index in [-0.39, 0.29) is 17.8 Å². The van der Waals surface area contributed by atoms with Gasteiger partial charge in [0.2, 0.25) is 0 Å². The third-order valence-corrected chi connectivity index (χ3v) is 4.63. The lowest BCUT2D eigenvalue weighted by molar-refractivity contribution is -0.145. The molecule has 0 aromatic heterocycles. The molecule has 0 radical (unpaired) electrons. The van der Waals surface area contributed by atoms with Crippen LogP contribution in [0.15, 0.2) is 23.2 Å². The summed E-state index contributed by atoms with van der Waals surface area (Å²) in [5, 5.41) is 3.33. The quantitative estimate of drug-likeness (QED) is 0.503. The third-order valence-electron chi connectivity index (χ3n) is 4.63. The molecule has 1 aromatic rings. The van der Waals surface area contributed by atoms with E-state index in [0.29, 0.717) is 13.1 Å². The van der Waals surface area contributed by atoms with E-state index in [1.54, 1.807) is 7.11 Å². The van der Waals surface area contributed by atoms with E-state index in [2.05, 4.69) is 23.2 Å². The van der Waals surface area contributed by atoms with Crippen molar-refractivity contribution in [3.8, 4) is 5.75 Å². The lowest BCUT2D eigenvalue weighted by Crippen LogP contribution is -2.40. The van der Waals surface area contributed by atoms with E-state index in [1.165, 1.54) is 7.11 Å². The smallest absolute Gasteiger partial charge is 0.310 e. The zero-order chi connectivity index (χ0) is 18.4. The van der Waals surface area contributed by atoms with Crippen LogP contribution in [0.1, 0.15) is 25.0 Å². The van der Waals surface area contributed by atoms with Crippen molar-refractivity contribution in [1.82, 2.24) is 10.2 Å². The molecule has 0 aliphatic carbocycles. The molecule has 0 bridgehead atoms. The molecule has 1 aliphatic rings. The molecule has 0 spiro atoms. The average Bonchev–Trinajstić information content (AvgIpc) is 3.00. The van der Waals surface area contributed by atoms with Crippen molar-refractivity contribution in [2.75, 3.05) is 33.9 Å². The number of ether oxygens (including phenoxy) is 2. The van der Waals surface area contributed by atoms with Crippen LogP contribution in [0.3, 0.4) is 0 Å². The van der Waals surface area contributed by atoms with Gasteiger partial charge in [0.15, 0.2) is 5.96 Å². The minimum absolute atomic E-state index is 0.103. The van der Waals surface area contributed by atoms with Crippen molar-refractivity contribution in [3.05, 3.63) is 29.3 Å². The fraction of sp³-hybridized carbons (Fsp3) is 0.579. The van der Waals surface area contributed by atoms with Gasteiger partial charge in [-0.2, -0.15) is 0 Å². The minimum atomic E-state index is -0.144. The number of carbonyl (C=O) groups is 1. The molecule has 0 saturated carbocycles. The lowest BCUT2D eigenvalue weighted by atomic mass is 9.99. The Kier molecular flexibility index (Phi) is 6.67. The van der Waals surface area contributed by atoms with E-state index in [1.807, 2.05) is 26.0 Å². The molecule has 1 fully saturated rings. The molecule has 0 amide bonds. The summed E-state index contributed by atoms with van der Waals surface area (Å²) < 4.78 is 10.3. The Bertz CT molecular complexity index is 630. The maximum Gasteiger partial charge on any atom is 0.310 e. The second-order valence-electron chi connectivity index (χ2n) is 6.49. The standard InChI is InChI=1S/C19H29N3O3/c1-6-20-19(22-11-14(3)16(12-22)18(23)25-5)21-10-15-8-7-13(2)17(9-15)24-4/h7-9,14,16H,6,10-12H2,1-5H3,(H,20,21). The van der Waals surface area contributed by atoms with Gasteiger partial charge in [0.1, 0.15) is 5.75 Å². The summed E-state index contributed by atoms with van der Waals surface area (Å²) in [7, 11) is 3.12. The molecular weight excluding hydrogens is 318 g/mol. The molecule has 2 unspecified atom stereocenters. The Morgan fingerprint density at radius 3 is 2.76 bits per heavy atom. The van der Waals surface area contributed by atoms with Crippen LogP contribution < -0.4 is 10.1 Å². The summed E-state index contributed by atoms with van der Waals surface area (Å²) in [6.45, 7) is 8.92. The van der Waals surface area contributed by atoms with Crippen LogP contribution in [0.25, 0.3) is 0 Å². The first-order valence-corrected chi connectivity index (χ1v) is 8.74. The number of hydrogen-bond donors (Lipinski definition) is 1. The summed E-state index contributed by atoms with van der Waals surface area (Å²) in [6.07, 6.45) is 0. The van der Waals surface area contributed by atoms with Gasteiger partial charge in [0.25, 0.3) is 0 Å².